The van der Waals surface area contributed by atoms with E-state index in [1.54, 1.807) is 18.0 Å². The number of aromatic nitrogens is 1. The Bertz CT molecular complexity index is 442. The highest BCUT2D eigenvalue weighted by Gasteiger charge is 2.40. The zero-order valence-corrected chi connectivity index (χ0v) is 10.9. The van der Waals surface area contributed by atoms with Crippen molar-refractivity contribution in [2.45, 2.75) is 32.4 Å². The first kappa shape index (κ1) is 12.0. The summed E-state index contributed by atoms with van der Waals surface area (Å²) >= 11 is 1.49. The van der Waals surface area contributed by atoms with Crippen LogP contribution in [0.2, 0.25) is 0 Å². The van der Waals surface area contributed by atoms with E-state index in [0.29, 0.717) is 0 Å². The third-order valence-corrected chi connectivity index (χ3v) is 4.03. The first-order chi connectivity index (χ1) is 7.93. The lowest BCUT2D eigenvalue weighted by Crippen LogP contribution is -2.61. The molecule has 2 heterocycles. The molecule has 1 aliphatic rings. The molecule has 0 bridgehead atoms. The summed E-state index contributed by atoms with van der Waals surface area (Å²) < 4.78 is 0. The van der Waals surface area contributed by atoms with E-state index in [1.807, 2.05) is 19.2 Å². The summed E-state index contributed by atoms with van der Waals surface area (Å²) in [6.07, 6.45) is 1.71. The number of carbonyl (C=O) groups excluding carboxylic acids is 2. The van der Waals surface area contributed by atoms with Crippen LogP contribution in [0.5, 0.6) is 0 Å². The van der Waals surface area contributed by atoms with E-state index < -0.39 is 11.6 Å². The molecule has 2 rings (SSSR count). The van der Waals surface area contributed by atoms with Crippen LogP contribution in [0.15, 0.2) is 11.6 Å². The van der Waals surface area contributed by atoms with Crippen LogP contribution in [0.1, 0.15) is 25.8 Å². The molecular formula is C11H15N3O2S. The van der Waals surface area contributed by atoms with Gasteiger partial charge in [0.05, 0.1) is 5.54 Å². The van der Waals surface area contributed by atoms with Crippen molar-refractivity contribution in [3.63, 3.8) is 0 Å². The van der Waals surface area contributed by atoms with E-state index >= 15 is 0 Å². The Morgan fingerprint density at radius 3 is 2.82 bits per heavy atom. The standard InChI is InChI=1S/C11H15N3O2S/c1-7-9(16)14(6-8(15)13-7)11(2,3)10-12-4-5-17-10/h4-5,7H,6H2,1-3H3,(H,13,15). The zero-order chi connectivity index (χ0) is 12.6. The van der Waals surface area contributed by atoms with Gasteiger partial charge in [0, 0.05) is 11.6 Å². The third-order valence-electron chi connectivity index (χ3n) is 2.95. The average molecular weight is 253 g/mol. The van der Waals surface area contributed by atoms with Gasteiger partial charge in [0.1, 0.15) is 17.6 Å². The van der Waals surface area contributed by atoms with Crippen LogP contribution < -0.4 is 5.32 Å². The minimum Gasteiger partial charge on any atom is -0.343 e. The Morgan fingerprint density at radius 2 is 2.24 bits per heavy atom. The Kier molecular flexibility index (Phi) is 2.91. The van der Waals surface area contributed by atoms with Crippen LogP contribution in [-0.2, 0) is 15.1 Å². The number of piperazine rings is 1. The summed E-state index contributed by atoms with van der Waals surface area (Å²) in [4.78, 5) is 29.5. The predicted octanol–water partition coefficient (Wildman–Crippen LogP) is 0.725. The van der Waals surface area contributed by atoms with Crippen molar-refractivity contribution in [1.29, 1.82) is 0 Å². The molecule has 0 aromatic carbocycles. The first-order valence-corrected chi connectivity index (χ1v) is 6.31. The Hall–Kier alpha value is -1.43. The molecule has 6 heteroatoms. The molecule has 0 radical (unpaired) electrons. The van der Waals surface area contributed by atoms with Crippen molar-refractivity contribution in [1.82, 2.24) is 15.2 Å². The summed E-state index contributed by atoms with van der Waals surface area (Å²) in [5, 5.41) is 5.34. The molecule has 0 saturated carbocycles. The number of rotatable bonds is 2. The van der Waals surface area contributed by atoms with Gasteiger partial charge >= 0.3 is 0 Å². The smallest absolute Gasteiger partial charge is 0.246 e. The van der Waals surface area contributed by atoms with Crippen molar-refractivity contribution >= 4 is 23.2 Å². The minimum absolute atomic E-state index is 0.0650. The van der Waals surface area contributed by atoms with Gasteiger partial charge in [-0.2, -0.15) is 0 Å². The van der Waals surface area contributed by atoms with Gasteiger partial charge in [0.15, 0.2) is 0 Å². The molecule has 0 spiro atoms. The maximum absolute atomic E-state index is 12.1. The number of amides is 2. The van der Waals surface area contributed by atoms with Gasteiger partial charge in [-0.1, -0.05) is 0 Å². The summed E-state index contributed by atoms with van der Waals surface area (Å²) in [6, 6.07) is -0.463. The van der Waals surface area contributed by atoms with Crippen molar-refractivity contribution in [2.75, 3.05) is 6.54 Å². The fourth-order valence-corrected chi connectivity index (χ4v) is 2.69. The largest absolute Gasteiger partial charge is 0.343 e. The van der Waals surface area contributed by atoms with Gasteiger partial charge in [0.2, 0.25) is 11.8 Å². The summed E-state index contributed by atoms with van der Waals surface area (Å²) in [5.41, 5.74) is -0.544. The van der Waals surface area contributed by atoms with Gasteiger partial charge in [-0.25, -0.2) is 4.98 Å². The molecule has 1 aromatic heterocycles. The fraction of sp³-hybridized carbons (Fsp3) is 0.545. The molecule has 92 valence electrons. The van der Waals surface area contributed by atoms with E-state index in [1.165, 1.54) is 11.3 Å². The lowest BCUT2D eigenvalue weighted by molar-refractivity contribution is -0.149. The predicted molar refractivity (Wildman–Crippen MR) is 64.5 cm³/mol. The molecule has 17 heavy (non-hydrogen) atoms. The zero-order valence-electron chi connectivity index (χ0n) is 10.1. The maximum atomic E-state index is 12.1. The lowest BCUT2D eigenvalue weighted by Gasteiger charge is -2.41. The van der Waals surface area contributed by atoms with Crippen LogP contribution in [0.3, 0.4) is 0 Å². The molecule has 1 saturated heterocycles. The maximum Gasteiger partial charge on any atom is 0.246 e. The number of nitrogens with one attached hydrogen (secondary N) is 1. The second-order valence-electron chi connectivity index (χ2n) is 4.61. The number of hydrogen-bond donors (Lipinski definition) is 1. The molecule has 1 fully saturated rings. The Morgan fingerprint density at radius 1 is 1.53 bits per heavy atom. The Balaban J connectivity index is 2.32. The normalized spacial score (nSPS) is 21.6. The molecule has 1 N–H and O–H groups in total. The number of carbonyl (C=O) groups is 2. The molecule has 0 aliphatic carbocycles. The van der Waals surface area contributed by atoms with E-state index in [9.17, 15) is 9.59 Å². The molecule has 1 unspecified atom stereocenters. The third kappa shape index (κ3) is 2.04. The first-order valence-electron chi connectivity index (χ1n) is 5.43. The van der Waals surface area contributed by atoms with E-state index in [-0.39, 0.29) is 18.4 Å². The Labute approximate surface area is 104 Å². The van der Waals surface area contributed by atoms with E-state index in [4.69, 9.17) is 0 Å². The topological polar surface area (TPSA) is 62.3 Å². The van der Waals surface area contributed by atoms with Gasteiger partial charge < -0.3 is 10.2 Å². The fourth-order valence-electron chi connectivity index (χ4n) is 1.92. The van der Waals surface area contributed by atoms with Crippen LogP contribution in [0.25, 0.3) is 0 Å². The second kappa shape index (κ2) is 4.10. The summed E-state index contributed by atoms with van der Waals surface area (Å²) in [5.74, 6) is -0.188. The monoisotopic (exact) mass is 253 g/mol. The quantitative estimate of drug-likeness (QED) is 0.845. The molecule has 1 aromatic rings. The van der Waals surface area contributed by atoms with Crippen LogP contribution in [0.4, 0.5) is 0 Å². The highest BCUT2D eigenvalue weighted by molar-refractivity contribution is 7.09. The van der Waals surface area contributed by atoms with Gasteiger partial charge in [0.25, 0.3) is 0 Å². The molecular weight excluding hydrogens is 238 g/mol. The minimum atomic E-state index is -0.544. The summed E-state index contributed by atoms with van der Waals surface area (Å²) in [7, 11) is 0. The number of nitrogens with zero attached hydrogens (tertiary/aromatic N) is 2. The average Bonchev–Trinajstić information content (AvgIpc) is 2.76. The van der Waals surface area contributed by atoms with Crippen molar-refractivity contribution in [2.24, 2.45) is 0 Å². The summed E-state index contributed by atoms with van der Waals surface area (Å²) in [6.45, 7) is 5.62. The van der Waals surface area contributed by atoms with E-state index in [0.717, 1.165) is 5.01 Å². The molecule has 1 atom stereocenters. The molecule has 1 aliphatic heterocycles. The van der Waals surface area contributed by atoms with Crippen molar-refractivity contribution < 1.29 is 9.59 Å². The van der Waals surface area contributed by atoms with Crippen LogP contribution in [0, 0.1) is 0 Å². The highest BCUT2D eigenvalue weighted by Crippen LogP contribution is 2.30. The number of thiazole rings is 1. The van der Waals surface area contributed by atoms with Crippen molar-refractivity contribution in [3.05, 3.63) is 16.6 Å². The van der Waals surface area contributed by atoms with Gasteiger partial charge in [-0.05, 0) is 20.8 Å². The van der Waals surface area contributed by atoms with Crippen molar-refractivity contribution in [3.8, 4) is 0 Å². The van der Waals surface area contributed by atoms with Gasteiger partial charge in [-0.3, -0.25) is 9.59 Å². The van der Waals surface area contributed by atoms with E-state index in [2.05, 4.69) is 10.3 Å². The number of hydrogen-bond acceptors (Lipinski definition) is 4. The van der Waals surface area contributed by atoms with Crippen LogP contribution in [-0.4, -0.2) is 34.3 Å². The van der Waals surface area contributed by atoms with Gasteiger partial charge in [-0.15, -0.1) is 11.3 Å². The molecule has 5 nitrogen and oxygen atoms in total. The highest BCUT2D eigenvalue weighted by atomic mass is 32.1. The second-order valence-corrected chi connectivity index (χ2v) is 5.50. The lowest BCUT2D eigenvalue weighted by atomic mass is 10.0. The SMILES string of the molecule is CC1NC(=O)CN(C(C)(C)c2nccs2)C1=O. The van der Waals surface area contributed by atoms with Crippen LogP contribution >= 0.6 is 11.3 Å². The molecule has 2 amide bonds.